The molecule has 0 bridgehead atoms. The number of rotatable bonds is 6. The highest BCUT2D eigenvalue weighted by Crippen LogP contribution is 2.34. The molecule has 4 nitrogen and oxygen atoms in total. The molecule has 0 aromatic carbocycles. The van der Waals surface area contributed by atoms with Crippen LogP contribution in [0.4, 0.5) is 0 Å². The Kier molecular flexibility index (Phi) is 6.27. The van der Waals surface area contributed by atoms with Crippen LogP contribution in [0.25, 0.3) is 0 Å². The second-order valence-corrected chi connectivity index (χ2v) is 6.39. The average Bonchev–Trinajstić information content (AvgIpc) is 2.45. The second-order valence-electron chi connectivity index (χ2n) is 6.39. The molecule has 1 N–H and O–H groups in total. The molecule has 118 valence electrons. The van der Waals surface area contributed by atoms with Crippen molar-refractivity contribution in [2.24, 2.45) is 0 Å². The molecular formula is C16H32N2O2. The van der Waals surface area contributed by atoms with E-state index in [9.17, 15) is 0 Å². The van der Waals surface area contributed by atoms with Gasteiger partial charge in [0.15, 0.2) is 0 Å². The molecule has 0 aromatic rings. The van der Waals surface area contributed by atoms with Crippen LogP contribution in [0.15, 0.2) is 0 Å². The Morgan fingerprint density at radius 2 is 1.90 bits per heavy atom. The van der Waals surface area contributed by atoms with Gasteiger partial charge in [-0.2, -0.15) is 0 Å². The van der Waals surface area contributed by atoms with Crippen molar-refractivity contribution in [3.8, 4) is 0 Å². The summed E-state index contributed by atoms with van der Waals surface area (Å²) < 4.78 is 11.6. The first-order valence-electron chi connectivity index (χ1n) is 8.37. The number of nitrogens with one attached hydrogen (secondary N) is 1. The lowest BCUT2D eigenvalue weighted by Crippen LogP contribution is -2.53. The zero-order valence-electron chi connectivity index (χ0n) is 13.5. The van der Waals surface area contributed by atoms with E-state index in [1.807, 2.05) is 0 Å². The summed E-state index contributed by atoms with van der Waals surface area (Å²) in [5.41, 5.74) is 0.100. The van der Waals surface area contributed by atoms with Crippen molar-refractivity contribution in [3.63, 3.8) is 0 Å². The Morgan fingerprint density at radius 1 is 1.20 bits per heavy atom. The van der Waals surface area contributed by atoms with Crippen LogP contribution in [0, 0.1) is 0 Å². The third kappa shape index (κ3) is 4.42. The Bertz CT molecular complexity index is 270. The van der Waals surface area contributed by atoms with Gasteiger partial charge in [-0.1, -0.05) is 13.8 Å². The molecule has 2 rings (SSSR count). The van der Waals surface area contributed by atoms with Crippen LogP contribution in [0.1, 0.15) is 46.5 Å². The van der Waals surface area contributed by atoms with E-state index in [-0.39, 0.29) is 5.60 Å². The highest BCUT2D eigenvalue weighted by molar-refractivity contribution is 4.92. The first-order chi connectivity index (χ1) is 9.67. The maximum absolute atomic E-state index is 6.11. The van der Waals surface area contributed by atoms with Crippen molar-refractivity contribution in [2.75, 3.05) is 39.5 Å². The summed E-state index contributed by atoms with van der Waals surface area (Å²) >= 11 is 0. The lowest BCUT2D eigenvalue weighted by Gasteiger charge is -2.44. The summed E-state index contributed by atoms with van der Waals surface area (Å²) in [6.45, 7) is 12.8. The van der Waals surface area contributed by atoms with Gasteiger partial charge >= 0.3 is 0 Å². The summed E-state index contributed by atoms with van der Waals surface area (Å²) in [6, 6.07) is 1.15. The minimum Gasteiger partial charge on any atom is -0.381 e. The third-order valence-electron chi connectivity index (χ3n) is 4.84. The Hall–Kier alpha value is -0.160. The van der Waals surface area contributed by atoms with Gasteiger partial charge < -0.3 is 19.7 Å². The standard InChI is InChI=1S/C16H32N2O2/c1-4-18(5-2)13-14(3)17-15-6-9-20-16(12-15)7-10-19-11-8-16/h14-15,17H,4-13H2,1-3H3. The predicted molar refractivity (Wildman–Crippen MR) is 82.1 cm³/mol. The Balaban J connectivity index is 1.80. The second kappa shape index (κ2) is 7.74. The van der Waals surface area contributed by atoms with E-state index in [0.717, 1.165) is 65.1 Å². The normalized spacial score (nSPS) is 27.9. The van der Waals surface area contributed by atoms with Crippen LogP contribution in [-0.4, -0.2) is 62.0 Å². The van der Waals surface area contributed by atoms with Crippen LogP contribution in [0.3, 0.4) is 0 Å². The number of likely N-dealkylation sites (N-methyl/N-ethyl adjacent to an activating group) is 1. The largest absolute Gasteiger partial charge is 0.381 e. The minimum atomic E-state index is 0.100. The molecule has 0 radical (unpaired) electrons. The van der Waals surface area contributed by atoms with Crippen molar-refractivity contribution in [2.45, 2.75) is 64.1 Å². The zero-order chi connectivity index (χ0) is 14.4. The van der Waals surface area contributed by atoms with Gasteiger partial charge in [0, 0.05) is 38.4 Å². The monoisotopic (exact) mass is 284 g/mol. The summed E-state index contributed by atoms with van der Waals surface area (Å²) in [4.78, 5) is 2.49. The Morgan fingerprint density at radius 3 is 2.55 bits per heavy atom. The quantitative estimate of drug-likeness (QED) is 0.809. The smallest absolute Gasteiger partial charge is 0.0741 e. The van der Waals surface area contributed by atoms with E-state index in [1.54, 1.807) is 0 Å². The molecule has 0 saturated carbocycles. The summed E-state index contributed by atoms with van der Waals surface area (Å²) in [7, 11) is 0. The molecule has 2 aliphatic rings. The van der Waals surface area contributed by atoms with Gasteiger partial charge in [-0.15, -0.1) is 0 Å². The average molecular weight is 284 g/mol. The fourth-order valence-corrected chi connectivity index (χ4v) is 3.59. The number of ether oxygens (including phenoxy) is 2. The van der Waals surface area contributed by atoms with E-state index in [2.05, 4.69) is 31.0 Å². The molecule has 0 aliphatic carbocycles. The molecule has 0 amide bonds. The molecule has 20 heavy (non-hydrogen) atoms. The summed E-state index contributed by atoms with van der Waals surface area (Å²) in [5, 5.41) is 3.83. The maximum atomic E-state index is 6.11. The van der Waals surface area contributed by atoms with Gasteiger partial charge in [0.25, 0.3) is 0 Å². The topological polar surface area (TPSA) is 33.7 Å². The SMILES string of the molecule is CCN(CC)CC(C)NC1CCOC2(CCOCC2)C1. The van der Waals surface area contributed by atoms with Crippen molar-refractivity contribution in [1.82, 2.24) is 10.2 Å². The van der Waals surface area contributed by atoms with Crippen molar-refractivity contribution < 1.29 is 9.47 Å². The molecule has 2 aliphatic heterocycles. The first kappa shape index (κ1) is 16.2. The van der Waals surface area contributed by atoms with E-state index in [4.69, 9.17) is 9.47 Å². The highest BCUT2D eigenvalue weighted by Gasteiger charge is 2.39. The van der Waals surface area contributed by atoms with Crippen molar-refractivity contribution in [1.29, 1.82) is 0 Å². The predicted octanol–water partition coefficient (Wildman–Crippen LogP) is 2.03. The van der Waals surface area contributed by atoms with Crippen molar-refractivity contribution >= 4 is 0 Å². The van der Waals surface area contributed by atoms with E-state index in [1.165, 1.54) is 0 Å². The molecule has 1 spiro atoms. The van der Waals surface area contributed by atoms with Gasteiger partial charge in [0.2, 0.25) is 0 Å². The first-order valence-corrected chi connectivity index (χ1v) is 8.37. The van der Waals surface area contributed by atoms with E-state index < -0.39 is 0 Å². The van der Waals surface area contributed by atoms with Crippen LogP contribution < -0.4 is 5.32 Å². The lowest BCUT2D eigenvalue weighted by atomic mass is 9.84. The fraction of sp³-hybridized carbons (Fsp3) is 1.00. The lowest BCUT2D eigenvalue weighted by molar-refractivity contribution is -0.140. The molecule has 2 atom stereocenters. The molecule has 4 heteroatoms. The Labute approximate surface area is 124 Å². The van der Waals surface area contributed by atoms with Gasteiger partial charge in [-0.3, -0.25) is 0 Å². The molecule has 0 aromatic heterocycles. The number of nitrogens with zero attached hydrogens (tertiary/aromatic N) is 1. The van der Waals surface area contributed by atoms with Crippen LogP contribution in [-0.2, 0) is 9.47 Å². The van der Waals surface area contributed by atoms with Crippen LogP contribution in [0.5, 0.6) is 0 Å². The van der Waals surface area contributed by atoms with Crippen molar-refractivity contribution in [3.05, 3.63) is 0 Å². The molecular weight excluding hydrogens is 252 g/mol. The minimum absolute atomic E-state index is 0.100. The fourth-order valence-electron chi connectivity index (χ4n) is 3.59. The van der Waals surface area contributed by atoms with E-state index >= 15 is 0 Å². The molecule has 2 saturated heterocycles. The molecule has 2 unspecified atom stereocenters. The number of hydrogen-bond donors (Lipinski definition) is 1. The highest BCUT2D eigenvalue weighted by atomic mass is 16.5. The van der Waals surface area contributed by atoms with Crippen LogP contribution >= 0.6 is 0 Å². The van der Waals surface area contributed by atoms with Gasteiger partial charge in [-0.05, 0) is 45.7 Å². The van der Waals surface area contributed by atoms with Gasteiger partial charge in [-0.25, -0.2) is 0 Å². The molecule has 2 fully saturated rings. The third-order valence-corrected chi connectivity index (χ3v) is 4.84. The molecule has 2 heterocycles. The summed E-state index contributed by atoms with van der Waals surface area (Å²) in [6.07, 6.45) is 4.43. The van der Waals surface area contributed by atoms with Gasteiger partial charge in [0.05, 0.1) is 5.60 Å². The van der Waals surface area contributed by atoms with E-state index in [0.29, 0.717) is 12.1 Å². The summed E-state index contributed by atoms with van der Waals surface area (Å²) in [5.74, 6) is 0. The maximum Gasteiger partial charge on any atom is 0.0741 e. The van der Waals surface area contributed by atoms with Gasteiger partial charge in [0.1, 0.15) is 0 Å². The zero-order valence-corrected chi connectivity index (χ0v) is 13.5. The number of hydrogen-bond acceptors (Lipinski definition) is 4. The van der Waals surface area contributed by atoms with Crippen LogP contribution in [0.2, 0.25) is 0 Å².